The summed E-state index contributed by atoms with van der Waals surface area (Å²) < 4.78 is 0. The van der Waals surface area contributed by atoms with Crippen LogP contribution in [-0.2, 0) is 11.2 Å². The first kappa shape index (κ1) is 11.2. The summed E-state index contributed by atoms with van der Waals surface area (Å²) in [6.07, 6.45) is 2.75. The van der Waals surface area contributed by atoms with Gasteiger partial charge >= 0.3 is 0 Å². The Hall–Kier alpha value is -1.31. The van der Waals surface area contributed by atoms with Crippen molar-refractivity contribution in [3.8, 4) is 0 Å². The highest BCUT2D eigenvalue weighted by atomic mass is 16.1. The molecule has 1 aliphatic carbocycles. The topological polar surface area (TPSA) is 29.1 Å². The van der Waals surface area contributed by atoms with Gasteiger partial charge in [0.2, 0.25) is 5.91 Å². The van der Waals surface area contributed by atoms with E-state index in [1.165, 1.54) is 11.1 Å². The molecule has 86 valence electrons. The van der Waals surface area contributed by atoms with E-state index in [4.69, 9.17) is 0 Å². The summed E-state index contributed by atoms with van der Waals surface area (Å²) in [5, 5.41) is 3.13. The minimum absolute atomic E-state index is 0.178. The van der Waals surface area contributed by atoms with Crippen LogP contribution in [0.5, 0.6) is 0 Å². The SMILES string of the molecule is CC(C)CC(=O)NC1CCc2ccccc21. The molecule has 0 saturated heterocycles. The van der Waals surface area contributed by atoms with Gasteiger partial charge in [0.05, 0.1) is 6.04 Å². The number of nitrogens with one attached hydrogen (secondary N) is 1. The van der Waals surface area contributed by atoms with Crippen LogP contribution in [0.15, 0.2) is 24.3 Å². The molecular formula is C14H19NO. The van der Waals surface area contributed by atoms with Gasteiger partial charge in [-0.15, -0.1) is 0 Å². The highest BCUT2D eigenvalue weighted by molar-refractivity contribution is 5.76. The van der Waals surface area contributed by atoms with E-state index in [-0.39, 0.29) is 11.9 Å². The van der Waals surface area contributed by atoms with Crippen LogP contribution in [0, 0.1) is 5.92 Å². The number of amides is 1. The van der Waals surface area contributed by atoms with Gasteiger partial charge in [0.25, 0.3) is 0 Å². The van der Waals surface area contributed by atoms with Gasteiger partial charge < -0.3 is 5.32 Å². The smallest absolute Gasteiger partial charge is 0.220 e. The fourth-order valence-electron chi connectivity index (χ4n) is 2.33. The standard InChI is InChI=1S/C14H19NO/c1-10(2)9-14(16)15-13-8-7-11-5-3-4-6-12(11)13/h3-6,10,13H,7-9H2,1-2H3,(H,15,16). The molecule has 1 amide bonds. The van der Waals surface area contributed by atoms with Crippen LogP contribution < -0.4 is 5.32 Å². The van der Waals surface area contributed by atoms with Gasteiger partial charge in [-0.1, -0.05) is 38.1 Å². The number of hydrogen-bond acceptors (Lipinski definition) is 1. The summed E-state index contributed by atoms with van der Waals surface area (Å²) in [5.41, 5.74) is 2.69. The van der Waals surface area contributed by atoms with Gasteiger partial charge in [-0.25, -0.2) is 0 Å². The molecular weight excluding hydrogens is 198 g/mol. The van der Waals surface area contributed by atoms with Gasteiger partial charge in [0, 0.05) is 6.42 Å². The maximum absolute atomic E-state index is 11.7. The number of rotatable bonds is 3. The number of aryl methyl sites for hydroxylation is 1. The molecule has 2 rings (SSSR count). The van der Waals surface area contributed by atoms with Crippen LogP contribution in [0.1, 0.15) is 43.9 Å². The summed E-state index contributed by atoms with van der Waals surface area (Å²) in [5.74, 6) is 0.605. The predicted octanol–water partition coefficient (Wildman–Crippen LogP) is 2.84. The van der Waals surface area contributed by atoms with Crippen molar-refractivity contribution in [2.24, 2.45) is 5.92 Å². The highest BCUT2D eigenvalue weighted by Gasteiger charge is 2.23. The molecule has 1 aromatic carbocycles. The average molecular weight is 217 g/mol. The molecule has 2 nitrogen and oxygen atoms in total. The summed E-state index contributed by atoms with van der Waals surface area (Å²) >= 11 is 0. The van der Waals surface area contributed by atoms with E-state index in [9.17, 15) is 4.79 Å². The Kier molecular flexibility index (Phi) is 3.28. The van der Waals surface area contributed by atoms with Gasteiger partial charge in [0.15, 0.2) is 0 Å². The normalized spacial score (nSPS) is 18.6. The molecule has 1 aromatic rings. The molecule has 1 N–H and O–H groups in total. The molecule has 1 aliphatic rings. The molecule has 0 aromatic heterocycles. The maximum atomic E-state index is 11.7. The third-order valence-corrected chi connectivity index (χ3v) is 3.06. The fraction of sp³-hybridized carbons (Fsp3) is 0.500. The average Bonchev–Trinajstić information content (AvgIpc) is 2.61. The van der Waals surface area contributed by atoms with Crippen LogP contribution in [0.2, 0.25) is 0 Å². The van der Waals surface area contributed by atoms with E-state index in [0.29, 0.717) is 12.3 Å². The summed E-state index contributed by atoms with van der Waals surface area (Å²) in [4.78, 5) is 11.7. The molecule has 2 heteroatoms. The van der Waals surface area contributed by atoms with E-state index in [1.807, 2.05) is 6.07 Å². The van der Waals surface area contributed by atoms with E-state index in [2.05, 4.69) is 37.4 Å². The van der Waals surface area contributed by atoms with Gasteiger partial charge in [0.1, 0.15) is 0 Å². The van der Waals surface area contributed by atoms with Crippen molar-refractivity contribution in [2.45, 2.75) is 39.2 Å². The third-order valence-electron chi connectivity index (χ3n) is 3.06. The fourth-order valence-corrected chi connectivity index (χ4v) is 2.33. The van der Waals surface area contributed by atoms with Crippen molar-refractivity contribution in [2.75, 3.05) is 0 Å². The minimum atomic E-state index is 0.178. The third kappa shape index (κ3) is 2.43. The predicted molar refractivity (Wildman–Crippen MR) is 65.1 cm³/mol. The number of fused-ring (bicyclic) bond motifs is 1. The summed E-state index contributed by atoms with van der Waals surface area (Å²) in [6.45, 7) is 4.14. The van der Waals surface area contributed by atoms with E-state index < -0.39 is 0 Å². The Morgan fingerprint density at radius 2 is 2.19 bits per heavy atom. The number of hydrogen-bond donors (Lipinski definition) is 1. The Balaban J connectivity index is 2.00. The first-order valence-corrected chi connectivity index (χ1v) is 6.04. The second-order valence-corrected chi connectivity index (χ2v) is 4.96. The van der Waals surface area contributed by atoms with E-state index in [1.54, 1.807) is 0 Å². The summed E-state index contributed by atoms with van der Waals surface area (Å²) in [7, 11) is 0. The number of benzene rings is 1. The molecule has 0 heterocycles. The Morgan fingerprint density at radius 1 is 1.44 bits per heavy atom. The lowest BCUT2D eigenvalue weighted by Crippen LogP contribution is -2.27. The van der Waals surface area contributed by atoms with Crippen LogP contribution in [-0.4, -0.2) is 5.91 Å². The quantitative estimate of drug-likeness (QED) is 0.828. The Bertz CT molecular complexity index is 384. The summed E-state index contributed by atoms with van der Waals surface area (Å²) in [6, 6.07) is 8.64. The lowest BCUT2D eigenvalue weighted by molar-refractivity contribution is -0.122. The molecule has 0 spiro atoms. The molecule has 1 unspecified atom stereocenters. The molecule has 0 aliphatic heterocycles. The lowest BCUT2D eigenvalue weighted by atomic mass is 10.1. The zero-order chi connectivity index (χ0) is 11.5. The first-order chi connectivity index (χ1) is 7.66. The van der Waals surface area contributed by atoms with Crippen molar-refractivity contribution in [1.29, 1.82) is 0 Å². The molecule has 16 heavy (non-hydrogen) atoms. The first-order valence-electron chi connectivity index (χ1n) is 6.04. The lowest BCUT2D eigenvalue weighted by Gasteiger charge is -2.14. The molecule has 0 saturated carbocycles. The van der Waals surface area contributed by atoms with Gasteiger partial charge in [-0.05, 0) is 29.9 Å². The van der Waals surface area contributed by atoms with Crippen LogP contribution in [0.4, 0.5) is 0 Å². The van der Waals surface area contributed by atoms with Crippen molar-refractivity contribution in [3.63, 3.8) is 0 Å². The van der Waals surface area contributed by atoms with E-state index in [0.717, 1.165) is 12.8 Å². The van der Waals surface area contributed by atoms with Crippen molar-refractivity contribution < 1.29 is 4.79 Å². The van der Waals surface area contributed by atoms with Crippen molar-refractivity contribution >= 4 is 5.91 Å². The van der Waals surface area contributed by atoms with Crippen molar-refractivity contribution in [3.05, 3.63) is 35.4 Å². The second kappa shape index (κ2) is 4.69. The monoisotopic (exact) mass is 217 g/mol. The minimum Gasteiger partial charge on any atom is -0.349 e. The molecule has 1 atom stereocenters. The largest absolute Gasteiger partial charge is 0.349 e. The molecule has 0 fully saturated rings. The Labute approximate surface area is 97.1 Å². The van der Waals surface area contributed by atoms with Crippen molar-refractivity contribution in [1.82, 2.24) is 5.32 Å². The zero-order valence-corrected chi connectivity index (χ0v) is 9.99. The second-order valence-electron chi connectivity index (χ2n) is 4.96. The Morgan fingerprint density at radius 3 is 2.94 bits per heavy atom. The number of carbonyl (C=O) groups is 1. The maximum Gasteiger partial charge on any atom is 0.220 e. The molecule has 0 bridgehead atoms. The molecule has 0 radical (unpaired) electrons. The van der Waals surface area contributed by atoms with Crippen LogP contribution >= 0.6 is 0 Å². The van der Waals surface area contributed by atoms with Crippen LogP contribution in [0.3, 0.4) is 0 Å². The van der Waals surface area contributed by atoms with Crippen LogP contribution in [0.25, 0.3) is 0 Å². The van der Waals surface area contributed by atoms with Gasteiger partial charge in [-0.2, -0.15) is 0 Å². The van der Waals surface area contributed by atoms with Gasteiger partial charge in [-0.3, -0.25) is 4.79 Å². The number of carbonyl (C=O) groups excluding carboxylic acids is 1. The highest BCUT2D eigenvalue weighted by Crippen LogP contribution is 2.30. The van der Waals surface area contributed by atoms with E-state index >= 15 is 0 Å². The zero-order valence-electron chi connectivity index (χ0n) is 9.99.